The highest BCUT2D eigenvalue weighted by atomic mass is 16.5. The van der Waals surface area contributed by atoms with Crippen molar-refractivity contribution >= 4 is 12.0 Å². The molecule has 1 aliphatic heterocycles. The van der Waals surface area contributed by atoms with Gasteiger partial charge in [-0.25, -0.2) is 9.59 Å². The number of amides is 2. The number of urea groups is 1. The molecule has 0 spiro atoms. The van der Waals surface area contributed by atoms with Crippen LogP contribution >= 0.6 is 0 Å². The average molecular weight is 244 g/mol. The Kier molecular flexibility index (Phi) is 4.74. The number of aliphatic carboxylic acids is 1. The maximum absolute atomic E-state index is 11.7. The van der Waals surface area contributed by atoms with Gasteiger partial charge >= 0.3 is 12.0 Å². The zero-order valence-electron chi connectivity index (χ0n) is 10.5. The van der Waals surface area contributed by atoms with Crippen molar-refractivity contribution in [2.75, 3.05) is 26.7 Å². The Labute approximate surface area is 101 Å². The molecule has 0 aromatic heterocycles. The van der Waals surface area contributed by atoms with E-state index in [-0.39, 0.29) is 12.6 Å². The summed E-state index contributed by atoms with van der Waals surface area (Å²) in [5, 5.41) is 11.3. The molecule has 6 heteroatoms. The van der Waals surface area contributed by atoms with E-state index in [1.165, 1.54) is 7.11 Å². The summed E-state index contributed by atoms with van der Waals surface area (Å²) in [5.74, 6) is -0.104. The van der Waals surface area contributed by atoms with Crippen LogP contribution in [0.25, 0.3) is 0 Å². The number of hydrogen-bond acceptors (Lipinski definition) is 3. The number of nitrogens with zero attached hydrogens (tertiary/aromatic N) is 1. The highest BCUT2D eigenvalue weighted by molar-refractivity contribution is 5.77. The third-order valence-electron chi connectivity index (χ3n) is 3.27. The van der Waals surface area contributed by atoms with Gasteiger partial charge in [0.15, 0.2) is 6.10 Å². The van der Waals surface area contributed by atoms with Crippen molar-refractivity contribution in [2.24, 2.45) is 11.8 Å². The quantitative estimate of drug-likeness (QED) is 0.749. The molecule has 2 amide bonds. The molecule has 0 saturated carbocycles. The summed E-state index contributed by atoms with van der Waals surface area (Å²) in [7, 11) is 1.31. The van der Waals surface area contributed by atoms with Gasteiger partial charge in [-0.05, 0) is 11.8 Å². The van der Waals surface area contributed by atoms with Crippen molar-refractivity contribution in [3.8, 4) is 0 Å². The Balaban J connectivity index is 2.37. The van der Waals surface area contributed by atoms with Crippen LogP contribution in [0.3, 0.4) is 0 Å². The van der Waals surface area contributed by atoms with Gasteiger partial charge in [-0.15, -0.1) is 0 Å². The first-order valence-electron chi connectivity index (χ1n) is 5.74. The number of hydrogen-bond donors (Lipinski definition) is 2. The summed E-state index contributed by atoms with van der Waals surface area (Å²) in [6.07, 6.45) is -0.989. The minimum atomic E-state index is -1.07. The number of carboxylic acid groups (broad SMARTS) is 1. The molecule has 0 aliphatic carbocycles. The molecule has 2 N–H and O–H groups in total. The molecule has 1 saturated heterocycles. The van der Waals surface area contributed by atoms with Gasteiger partial charge in [0.25, 0.3) is 0 Å². The first-order valence-corrected chi connectivity index (χ1v) is 5.74. The molecule has 1 heterocycles. The normalized spacial score (nSPS) is 25.7. The lowest BCUT2D eigenvalue weighted by atomic mass is 10.0. The zero-order valence-corrected chi connectivity index (χ0v) is 10.5. The van der Waals surface area contributed by atoms with Gasteiger partial charge in [-0.3, -0.25) is 0 Å². The van der Waals surface area contributed by atoms with E-state index in [4.69, 9.17) is 9.84 Å². The molecule has 0 aromatic rings. The largest absolute Gasteiger partial charge is 0.479 e. The molecule has 1 fully saturated rings. The molecule has 0 bridgehead atoms. The summed E-state index contributed by atoms with van der Waals surface area (Å²) < 4.78 is 4.73. The number of ether oxygens (including phenoxy) is 1. The minimum absolute atomic E-state index is 0.00999. The molecule has 1 aliphatic rings. The van der Waals surface area contributed by atoms with E-state index < -0.39 is 12.1 Å². The number of carbonyl (C=O) groups is 2. The van der Waals surface area contributed by atoms with Gasteiger partial charge in [-0.2, -0.15) is 0 Å². The van der Waals surface area contributed by atoms with Crippen LogP contribution in [0.15, 0.2) is 0 Å². The zero-order chi connectivity index (χ0) is 13.0. The van der Waals surface area contributed by atoms with E-state index in [0.29, 0.717) is 11.8 Å². The van der Waals surface area contributed by atoms with Gasteiger partial charge < -0.3 is 20.1 Å². The van der Waals surface area contributed by atoms with Gasteiger partial charge in [0.05, 0.1) is 6.54 Å². The fraction of sp³-hybridized carbons (Fsp3) is 0.818. The lowest BCUT2D eigenvalue weighted by Crippen LogP contribution is -2.44. The fourth-order valence-corrected chi connectivity index (χ4v) is 1.86. The van der Waals surface area contributed by atoms with Gasteiger partial charge in [0.1, 0.15) is 0 Å². The van der Waals surface area contributed by atoms with Crippen LogP contribution in [-0.2, 0) is 9.53 Å². The molecule has 98 valence electrons. The average Bonchev–Trinajstić information content (AvgIpc) is 2.59. The Bertz CT molecular complexity index is 285. The van der Waals surface area contributed by atoms with Crippen LogP contribution in [0.1, 0.15) is 13.8 Å². The lowest BCUT2D eigenvalue weighted by molar-refractivity contribution is -0.148. The van der Waals surface area contributed by atoms with Crippen molar-refractivity contribution in [1.29, 1.82) is 0 Å². The molecule has 17 heavy (non-hydrogen) atoms. The van der Waals surface area contributed by atoms with Crippen molar-refractivity contribution < 1.29 is 19.4 Å². The number of methoxy groups -OCH3 is 1. The van der Waals surface area contributed by atoms with E-state index >= 15 is 0 Å². The number of likely N-dealkylation sites (tertiary alicyclic amines) is 1. The third kappa shape index (κ3) is 3.59. The standard InChI is InChI=1S/C11H20N2O4/c1-7-5-13(6-8(7)2)11(16)12-4-9(17-3)10(14)15/h7-9H,4-6H2,1-3H3,(H,12,16)(H,14,15). The maximum Gasteiger partial charge on any atom is 0.334 e. The van der Waals surface area contributed by atoms with Gasteiger partial charge in [-0.1, -0.05) is 13.8 Å². The monoisotopic (exact) mass is 244 g/mol. The second-order valence-corrected chi connectivity index (χ2v) is 4.61. The van der Waals surface area contributed by atoms with E-state index in [1.807, 2.05) is 0 Å². The Hall–Kier alpha value is -1.30. The number of nitrogens with one attached hydrogen (secondary N) is 1. The van der Waals surface area contributed by atoms with Gasteiger partial charge in [0.2, 0.25) is 0 Å². The Morgan fingerprint density at radius 2 is 1.94 bits per heavy atom. The molecular formula is C11H20N2O4. The number of rotatable bonds is 4. The van der Waals surface area contributed by atoms with Crippen LogP contribution in [0.5, 0.6) is 0 Å². The van der Waals surface area contributed by atoms with E-state index in [1.54, 1.807) is 4.90 Å². The van der Waals surface area contributed by atoms with Crippen molar-refractivity contribution in [3.63, 3.8) is 0 Å². The highest BCUT2D eigenvalue weighted by Crippen LogP contribution is 2.21. The molecular weight excluding hydrogens is 224 g/mol. The molecule has 6 nitrogen and oxygen atoms in total. The summed E-state index contributed by atoms with van der Waals surface area (Å²) in [4.78, 5) is 24.1. The summed E-state index contributed by atoms with van der Waals surface area (Å²) in [5.41, 5.74) is 0. The minimum Gasteiger partial charge on any atom is -0.479 e. The second-order valence-electron chi connectivity index (χ2n) is 4.61. The van der Waals surface area contributed by atoms with Crippen LogP contribution in [-0.4, -0.2) is 54.9 Å². The highest BCUT2D eigenvalue weighted by Gasteiger charge is 2.29. The summed E-state index contributed by atoms with van der Waals surface area (Å²) in [6, 6.07) is -0.218. The Morgan fingerprint density at radius 3 is 2.35 bits per heavy atom. The van der Waals surface area contributed by atoms with Crippen molar-refractivity contribution in [3.05, 3.63) is 0 Å². The Morgan fingerprint density at radius 1 is 1.41 bits per heavy atom. The lowest BCUT2D eigenvalue weighted by Gasteiger charge is -2.18. The molecule has 3 atom stereocenters. The second kappa shape index (κ2) is 5.86. The van der Waals surface area contributed by atoms with Crippen LogP contribution in [0.2, 0.25) is 0 Å². The fourth-order valence-electron chi connectivity index (χ4n) is 1.86. The van der Waals surface area contributed by atoms with Crippen molar-refractivity contribution in [2.45, 2.75) is 20.0 Å². The SMILES string of the molecule is COC(CNC(=O)N1CC(C)C(C)C1)C(=O)O. The van der Waals surface area contributed by atoms with Crippen LogP contribution < -0.4 is 5.32 Å². The van der Waals surface area contributed by atoms with E-state index in [2.05, 4.69) is 19.2 Å². The first-order chi connectivity index (χ1) is 7.95. The number of carbonyl (C=O) groups excluding carboxylic acids is 1. The summed E-state index contributed by atoms with van der Waals surface area (Å²) in [6.45, 7) is 5.64. The van der Waals surface area contributed by atoms with Crippen LogP contribution in [0.4, 0.5) is 4.79 Å². The first kappa shape index (κ1) is 13.8. The predicted molar refractivity (Wildman–Crippen MR) is 61.7 cm³/mol. The molecule has 3 unspecified atom stereocenters. The molecule has 1 rings (SSSR count). The summed E-state index contributed by atoms with van der Waals surface area (Å²) >= 11 is 0. The van der Waals surface area contributed by atoms with E-state index in [0.717, 1.165) is 13.1 Å². The molecule has 0 radical (unpaired) electrons. The topological polar surface area (TPSA) is 78.9 Å². The van der Waals surface area contributed by atoms with Crippen LogP contribution in [0, 0.1) is 11.8 Å². The number of carboxylic acids is 1. The maximum atomic E-state index is 11.7. The van der Waals surface area contributed by atoms with Crippen molar-refractivity contribution in [1.82, 2.24) is 10.2 Å². The molecule has 0 aromatic carbocycles. The predicted octanol–water partition coefficient (Wildman–Crippen LogP) is 0.383. The third-order valence-corrected chi connectivity index (χ3v) is 3.27. The smallest absolute Gasteiger partial charge is 0.334 e. The van der Waals surface area contributed by atoms with E-state index in [9.17, 15) is 9.59 Å². The van der Waals surface area contributed by atoms with Gasteiger partial charge in [0, 0.05) is 20.2 Å².